The Morgan fingerprint density at radius 2 is 2.35 bits per heavy atom. The lowest BCUT2D eigenvalue weighted by molar-refractivity contribution is 0.143. The van der Waals surface area contributed by atoms with Gasteiger partial charge >= 0.3 is 0 Å². The van der Waals surface area contributed by atoms with Gasteiger partial charge in [-0.2, -0.15) is 10.2 Å². The van der Waals surface area contributed by atoms with E-state index in [9.17, 15) is 0 Å². The van der Waals surface area contributed by atoms with E-state index in [-0.39, 0.29) is 0 Å². The Bertz CT molecular complexity index is 518. The molecule has 2 aromatic heterocycles. The van der Waals surface area contributed by atoms with Crippen molar-refractivity contribution >= 4 is 0 Å². The fourth-order valence-corrected chi connectivity index (χ4v) is 3.06. The number of hydrogen-bond donors (Lipinski definition) is 1. The summed E-state index contributed by atoms with van der Waals surface area (Å²) in [5.41, 5.74) is 1.31. The molecule has 1 atom stereocenters. The van der Waals surface area contributed by atoms with Gasteiger partial charge in [0.2, 0.25) is 0 Å². The van der Waals surface area contributed by atoms with Crippen molar-refractivity contribution in [2.24, 2.45) is 0 Å². The van der Waals surface area contributed by atoms with Gasteiger partial charge in [0.05, 0.1) is 6.04 Å². The molecule has 3 rings (SSSR count). The third-order valence-corrected chi connectivity index (χ3v) is 4.12. The third-order valence-electron chi connectivity index (χ3n) is 4.12. The molecule has 1 unspecified atom stereocenters. The summed E-state index contributed by atoms with van der Waals surface area (Å²) in [6, 6.07) is 2.51. The van der Waals surface area contributed by atoms with Gasteiger partial charge in [0, 0.05) is 31.4 Å². The van der Waals surface area contributed by atoms with Crippen LogP contribution in [0.4, 0.5) is 0 Å². The van der Waals surface area contributed by atoms with Crippen LogP contribution in [-0.2, 0) is 13.0 Å². The van der Waals surface area contributed by atoms with Crippen molar-refractivity contribution in [3.05, 3.63) is 30.1 Å². The molecule has 1 aliphatic rings. The lowest BCUT2D eigenvalue weighted by atomic mass is 10.0. The van der Waals surface area contributed by atoms with Crippen molar-refractivity contribution in [2.45, 2.75) is 45.2 Å². The van der Waals surface area contributed by atoms with Crippen LogP contribution in [0.2, 0.25) is 0 Å². The van der Waals surface area contributed by atoms with E-state index in [0.29, 0.717) is 6.04 Å². The second-order valence-electron chi connectivity index (χ2n) is 5.31. The second-order valence-corrected chi connectivity index (χ2v) is 5.31. The number of rotatable bonds is 5. The van der Waals surface area contributed by atoms with Crippen molar-refractivity contribution in [1.29, 1.82) is 0 Å². The number of aromatic nitrogens is 5. The Labute approximate surface area is 119 Å². The maximum atomic E-state index is 4.34. The Kier molecular flexibility index (Phi) is 4.11. The fourth-order valence-electron chi connectivity index (χ4n) is 3.06. The van der Waals surface area contributed by atoms with Gasteiger partial charge in [-0.1, -0.05) is 6.42 Å². The van der Waals surface area contributed by atoms with Crippen LogP contribution >= 0.6 is 0 Å². The Balaban J connectivity index is 1.65. The van der Waals surface area contributed by atoms with Crippen LogP contribution in [0.5, 0.6) is 0 Å². The molecule has 0 aromatic carbocycles. The van der Waals surface area contributed by atoms with Crippen molar-refractivity contribution in [1.82, 2.24) is 29.9 Å². The molecule has 3 heterocycles. The van der Waals surface area contributed by atoms with E-state index in [4.69, 9.17) is 0 Å². The highest BCUT2D eigenvalue weighted by Gasteiger charge is 2.25. The number of aromatic amines is 1. The summed E-state index contributed by atoms with van der Waals surface area (Å²) in [7, 11) is 0. The van der Waals surface area contributed by atoms with E-state index in [1.54, 1.807) is 6.33 Å². The van der Waals surface area contributed by atoms with E-state index >= 15 is 0 Å². The highest BCUT2D eigenvalue weighted by molar-refractivity contribution is 5.02. The molecule has 0 radical (unpaired) electrons. The number of aryl methyl sites for hydroxylation is 1. The molecular formula is C14H22N6. The summed E-state index contributed by atoms with van der Waals surface area (Å²) in [4.78, 5) is 6.87. The predicted molar refractivity (Wildman–Crippen MR) is 76.2 cm³/mol. The first-order valence-electron chi connectivity index (χ1n) is 7.48. The normalized spacial score (nSPS) is 20.4. The Morgan fingerprint density at radius 3 is 3.15 bits per heavy atom. The van der Waals surface area contributed by atoms with Gasteiger partial charge in [-0.05, 0) is 32.4 Å². The van der Waals surface area contributed by atoms with Gasteiger partial charge in [0.15, 0.2) is 0 Å². The van der Waals surface area contributed by atoms with Crippen molar-refractivity contribution in [3.63, 3.8) is 0 Å². The topological polar surface area (TPSA) is 62.6 Å². The summed E-state index contributed by atoms with van der Waals surface area (Å²) in [5.74, 6) is 1.01. The molecule has 0 spiro atoms. The van der Waals surface area contributed by atoms with Gasteiger partial charge in [0.25, 0.3) is 0 Å². The maximum Gasteiger partial charge on any atom is 0.141 e. The van der Waals surface area contributed by atoms with Crippen molar-refractivity contribution in [3.8, 4) is 0 Å². The molecule has 0 bridgehead atoms. The number of piperidine rings is 1. The van der Waals surface area contributed by atoms with Crippen LogP contribution in [-0.4, -0.2) is 43.0 Å². The quantitative estimate of drug-likeness (QED) is 0.903. The minimum Gasteiger partial charge on any atom is -0.293 e. The molecule has 0 saturated carbocycles. The summed E-state index contributed by atoms with van der Waals surface area (Å²) >= 11 is 0. The molecule has 6 heteroatoms. The first kappa shape index (κ1) is 13.3. The largest absolute Gasteiger partial charge is 0.293 e. The first-order valence-corrected chi connectivity index (χ1v) is 7.48. The molecule has 6 nitrogen and oxygen atoms in total. The maximum absolute atomic E-state index is 4.34. The van der Waals surface area contributed by atoms with Gasteiger partial charge in [0.1, 0.15) is 12.2 Å². The fraction of sp³-hybridized carbons (Fsp3) is 0.643. The number of likely N-dealkylation sites (tertiary alicyclic amines) is 1. The molecule has 1 saturated heterocycles. The highest BCUT2D eigenvalue weighted by Crippen LogP contribution is 2.28. The zero-order chi connectivity index (χ0) is 13.8. The SMILES string of the molecule is CCn1nccc1CCN1CCCCC1c1ncn[nH]1. The van der Waals surface area contributed by atoms with E-state index in [1.165, 1.54) is 25.0 Å². The van der Waals surface area contributed by atoms with Gasteiger partial charge < -0.3 is 0 Å². The number of nitrogens with one attached hydrogen (secondary N) is 1. The summed E-state index contributed by atoms with van der Waals surface area (Å²) in [6.07, 6.45) is 8.25. The van der Waals surface area contributed by atoms with E-state index in [2.05, 4.69) is 42.9 Å². The Morgan fingerprint density at radius 1 is 1.40 bits per heavy atom. The Hall–Kier alpha value is -1.69. The van der Waals surface area contributed by atoms with Crippen LogP contribution in [0.3, 0.4) is 0 Å². The lowest BCUT2D eigenvalue weighted by Crippen LogP contribution is -2.35. The van der Waals surface area contributed by atoms with Crippen LogP contribution in [0, 0.1) is 0 Å². The molecule has 2 aromatic rings. The zero-order valence-corrected chi connectivity index (χ0v) is 12.0. The zero-order valence-electron chi connectivity index (χ0n) is 12.0. The van der Waals surface area contributed by atoms with Crippen LogP contribution < -0.4 is 0 Å². The molecule has 1 aliphatic heterocycles. The lowest BCUT2D eigenvalue weighted by Gasteiger charge is -2.34. The summed E-state index contributed by atoms with van der Waals surface area (Å²) in [5, 5.41) is 11.4. The molecule has 0 amide bonds. The smallest absolute Gasteiger partial charge is 0.141 e. The summed E-state index contributed by atoms with van der Waals surface area (Å²) < 4.78 is 2.08. The molecule has 1 N–H and O–H groups in total. The summed E-state index contributed by atoms with van der Waals surface area (Å²) in [6.45, 7) is 5.27. The molecular weight excluding hydrogens is 252 g/mol. The minimum absolute atomic E-state index is 0.393. The minimum atomic E-state index is 0.393. The molecule has 0 aliphatic carbocycles. The average Bonchev–Trinajstić information content (AvgIpc) is 3.16. The van der Waals surface area contributed by atoms with Crippen LogP contribution in [0.1, 0.15) is 43.7 Å². The van der Waals surface area contributed by atoms with Gasteiger partial charge in [-0.3, -0.25) is 14.7 Å². The van der Waals surface area contributed by atoms with Gasteiger partial charge in [-0.15, -0.1) is 0 Å². The van der Waals surface area contributed by atoms with Crippen LogP contribution in [0.15, 0.2) is 18.6 Å². The second kappa shape index (κ2) is 6.17. The molecule has 108 valence electrons. The molecule has 20 heavy (non-hydrogen) atoms. The van der Waals surface area contributed by atoms with Crippen molar-refractivity contribution in [2.75, 3.05) is 13.1 Å². The van der Waals surface area contributed by atoms with Crippen molar-refractivity contribution < 1.29 is 0 Å². The monoisotopic (exact) mass is 274 g/mol. The van der Waals surface area contributed by atoms with E-state index < -0.39 is 0 Å². The van der Waals surface area contributed by atoms with E-state index in [0.717, 1.165) is 31.9 Å². The third kappa shape index (κ3) is 2.75. The van der Waals surface area contributed by atoms with Gasteiger partial charge in [-0.25, -0.2) is 4.98 Å². The average molecular weight is 274 g/mol. The highest BCUT2D eigenvalue weighted by atomic mass is 15.3. The standard InChI is InChI=1S/C14H22N6/c1-2-20-12(6-8-17-20)7-10-19-9-4-3-5-13(19)14-15-11-16-18-14/h6,8,11,13H,2-5,7,9-10H2,1H3,(H,15,16,18). The molecule has 1 fully saturated rings. The van der Waals surface area contributed by atoms with E-state index in [1.807, 2.05) is 6.20 Å². The number of nitrogens with zero attached hydrogens (tertiary/aromatic N) is 5. The number of H-pyrrole nitrogens is 1. The number of hydrogen-bond acceptors (Lipinski definition) is 4. The predicted octanol–water partition coefficient (Wildman–Crippen LogP) is 1.79. The van der Waals surface area contributed by atoms with Crippen LogP contribution in [0.25, 0.3) is 0 Å². The first-order chi connectivity index (χ1) is 9.88.